The molecule has 0 unspecified atom stereocenters. The molecule has 0 bridgehead atoms. The van der Waals surface area contributed by atoms with Crippen molar-refractivity contribution < 1.29 is 9.66 Å². The van der Waals surface area contributed by atoms with E-state index >= 15 is 0 Å². The van der Waals surface area contributed by atoms with Crippen LogP contribution in [0.25, 0.3) is 0 Å². The number of ether oxygens (including phenoxy) is 1. The molecule has 0 aliphatic heterocycles. The number of hydrogen-bond donors (Lipinski definition) is 0. The van der Waals surface area contributed by atoms with Gasteiger partial charge in [0.15, 0.2) is 0 Å². The molecule has 0 saturated heterocycles. The third-order valence-electron chi connectivity index (χ3n) is 2.64. The second-order valence-electron chi connectivity index (χ2n) is 4.10. The summed E-state index contributed by atoms with van der Waals surface area (Å²) in [6.07, 6.45) is 1.39. The van der Waals surface area contributed by atoms with Gasteiger partial charge in [0.05, 0.1) is 11.0 Å². The number of benzene rings is 1. The fourth-order valence-corrected chi connectivity index (χ4v) is 1.68. The summed E-state index contributed by atoms with van der Waals surface area (Å²) in [5.41, 5.74) is 1.39. The minimum atomic E-state index is -0.478. The molecule has 20 heavy (non-hydrogen) atoms. The second kappa shape index (κ2) is 5.32. The van der Waals surface area contributed by atoms with Gasteiger partial charge in [0.2, 0.25) is 0 Å². The molecule has 2 aromatic rings. The Bertz CT molecular complexity index is 722. The number of aromatic nitrogens is 2. The summed E-state index contributed by atoms with van der Waals surface area (Å²) in [7, 11) is 0. The standard InChI is InChI=1S/C13H10N4O3/c1-8-5-9(2)12(6-11(8)17(18)19)20-13-15-4-3-10(7-14)16-13/h3-6H,1-2H3. The molecule has 1 heterocycles. The van der Waals surface area contributed by atoms with Crippen LogP contribution in [0.4, 0.5) is 5.69 Å². The molecule has 0 fully saturated rings. The molecule has 0 saturated carbocycles. The Labute approximate surface area is 114 Å². The molecule has 0 atom stereocenters. The molecular weight excluding hydrogens is 260 g/mol. The van der Waals surface area contributed by atoms with Crippen molar-refractivity contribution in [2.75, 3.05) is 0 Å². The molecule has 0 N–H and O–H groups in total. The van der Waals surface area contributed by atoms with Crippen LogP contribution in [0.15, 0.2) is 24.4 Å². The van der Waals surface area contributed by atoms with Crippen molar-refractivity contribution in [3.8, 4) is 17.8 Å². The minimum Gasteiger partial charge on any atom is -0.424 e. The summed E-state index contributed by atoms with van der Waals surface area (Å²) >= 11 is 0. The van der Waals surface area contributed by atoms with E-state index in [0.717, 1.165) is 5.56 Å². The van der Waals surface area contributed by atoms with Crippen LogP contribution in [0.5, 0.6) is 11.8 Å². The Balaban J connectivity index is 2.40. The third kappa shape index (κ3) is 2.70. The molecule has 1 aromatic carbocycles. The quantitative estimate of drug-likeness (QED) is 0.627. The van der Waals surface area contributed by atoms with Crippen molar-refractivity contribution in [1.82, 2.24) is 9.97 Å². The van der Waals surface area contributed by atoms with Crippen LogP contribution in [0, 0.1) is 35.3 Å². The molecule has 0 amide bonds. The summed E-state index contributed by atoms with van der Waals surface area (Å²) < 4.78 is 5.42. The zero-order chi connectivity index (χ0) is 14.7. The van der Waals surface area contributed by atoms with Crippen molar-refractivity contribution in [1.29, 1.82) is 5.26 Å². The highest BCUT2D eigenvalue weighted by Crippen LogP contribution is 2.30. The SMILES string of the molecule is Cc1cc(C)c([N+](=O)[O-])cc1Oc1nccc(C#N)n1. The maximum atomic E-state index is 10.9. The van der Waals surface area contributed by atoms with Crippen LogP contribution in [-0.4, -0.2) is 14.9 Å². The van der Waals surface area contributed by atoms with Crippen molar-refractivity contribution >= 4 is 5.69 Å². The average molecular weight is 270 g/mol. The van der Waals surface area contributed by atoms with Gasteiger partial charge >= 0.3 is 6.01 Å². The monoisotopic (exact) mass is 270 g/mol. The summed E-state index contributed by atoms with van der Waals surface area (Å²) in [5.74, 6) is 0.289. The summed E-state index contributed by atoms with van der Waals surface area (Å²) in [6.45, 7) is 3.42. The lowest BCUT2D eigenvalue weighted by Crippen LogP contribution is -1.98. The highest BCUT2D eigenvalue weighted by Gasteiger charge is 2.15. The van der Waals surface area contributed by atoms with Gasteiger partial charge in [0.25, 0.3) is 5.69 Å². The lowest BCUT2D eigenvalue weighted by molar-refractivity contribution is -0.385. The molecule has 0 aliphatic rings. The van der Waals surface area contributed by atoms with Gasteiger partial charge in [-0.2, -0.15) is 10.2 Å². The largest absolute Gasteiger partial charge is 0.424 e. The zero-order valence-corrected chi connectivity index (χ0v) is 10.8. The molecule has 1 aromatic heterocycles. The van der Waals surface area contributed by atoms with Gasteiger partial charge in [-0.05, 0) is 31.5 Å². The number of nitro benzene ring substituents is 1. The van der Waals surface area contributed by atoms with Crippen molar-refractivity contribution in [3.63, 3.8) is 0 Å². The maximum absolute atomic E-state index is 10.9. The third-order valence-corrected chi connectivity index (χ3v) is 2.64. The van der Waals surface area contributed by atoms with Crippen molar-refractivity contribution in [3.05, 3.63) is 51.3 Å². The topological polar surface area (TPSA) is 102 Å². The highest BCUT2D eigenvalue weighted by molar-refractivity contribution is 5.50. The Kier molecular flexibility index (Phi) is 3.57. The summed E-state index contributed by atoms with van der Waals surface area (Å²) in [5, 5.41) is 19.7. The van der Waals surface area contributed by atoms with Gasteiger partial charge in [-0.25, -0.2) is 4.98 Å². The van der Waals surface area contributed by atoms with Gasteiger partial charge < -0.3 is 4.74 Å². The van der Waals surface area contributed by atoms with Crippen LogP contribution >= 0.6 is 0 Å². The first-order chi connectivity index (χ1) is 9.51. The van der Waals surface area contributed by atoms with Gasteiger partial charge in [0.1, 0.15) is 17.5 Å². The van der Waals surface area contributed by atoms with Crippen LogP contribution in [-0.2, 0) is 0 Å². The lowest BCUT2D eigenvalue weighted by Gasteiger charge is -2.08. The van der Waals surface area contributed by atoms with E-state index < -0.39 is 4.92 Å². The van der Waals surface area contributed by atoms with Gasteiger partial charge in [-0.15, -0.1) is 0 Å². The molecule has 0 radical (unpaired) electrons. The van der Waals surface area contributed by atoms with E-state index in [9.17, 15) is 10.1 Å². The molecule has 2 rings (SSSR count). The predicted molar refractivity (Wildman–Crippen MR) is 69.4 cm³/mol. The van der Waals surface area contributed by atoms with Crippen molar-refractivity contribution in [2.24, 2.45) is 0 Å². The molecule has 100 valence electrons. The fourth-order valence-electron chi connectivity index (χ4n) is 1.68. The molecule has 0 aliphatic carbocycles. The minimum absolute atomic E-state index is 0.0229. The van der Waals surface area contributed by atoms with E-state index in [1.165, 1.54) is 18.3 Å². The van der Waals surface area contributed by atoms with Gasteiger partial charge in [-0.3, -0.25) is 10.1 Å². The average Bonchev–Trinajstić information content (AvgIpc) is 2.41. The Hall–Kier alpha value is -3.01. The summed E-state index contributed by atoms with van der Waals surface area (Å²) in [6, 6.07) is 6.27. The molecular formula is C13H10N4O3. The molecule has 7 nitrogen and oxygen atoms in total. The van der Waals surface area contributed by atoms with E-state index in [4.69, 9.17) is 10.00 Å². The first-order valence-corrected chi connectivity index (χ1v) is 5.68. The number of aryl methyl sites for hydroxylation is 2. The predicted octanol–water partition coefficient (Wildman–Crippen LogP) is 2.67. The Morgan fingerprint density at radius 3 is 2.75 bits per heavy atom. The zero-order valence-electron chi connectivity index (χ0n) is 10.8. The van der Waals surface area contributed by atoms with Crippen molar-refractivity contribution in [2.45, 2.75) is 13.8 Å². The number of nitrogens with zero attached hydrogens (tertiary/aromatic N) is 4. The summed E-state index contributed by atoms with van der Waals surface area (Å²) in [4.78, 5) is 18.2. The fraction of sp³-hybridized carbons (Fsp3) is 0.154. The highest BCUT2D eigenvalue weighted by atomic mass is 16.6. The number of hydrogen-bond acceptors (Lipinski definition) is 6. The van der Waals surface area contributed by atoms with E-state index in [2.05, 4.69) is 9.97 Å². The van der Waals surface area contributed by atoms with E-state index in [1.54, 1.807) is 19.9 Å². The Morgan fingerprint density at radius 2 is 2.10 bits per heavy atom. The second-order valence-corrected chi connectivity index (χ2v) is 4.10. The van der Waals surface area contributed by atoms with Crippen LogP contribution < -0.4 is 4.74 Å². The lowest BCUT2D eigenvalue weighted by atomic mass is 10.1. The van der Waals surface area contributed by atoms with Gasteiger partial charge in [-0.1, -0.05) is 0 Å². The smallest absolute Gasteiger partial charge is 0.323 e. The van der Waals surface area contributed by atoms with E-state index in [-0.39, 0.29) is 23.1 Å². The van der Waals surface area contributed by atoms with Gasteiger partial charge in [0, 0.05) is 11.8 Å². The van der Waals surface area contributed by atoms with Crippen LogP contribution in [0.3, 0.4) is 0 Å². The normalized spacial score (nSPS) is 9.85. The molecule has 7 heteroatoms. The first kappa shape index (κ1) is 13.4. The van der Waals surface area contributed by atoms with Crippen LogP contribution in [0.1, 0.15) is 16.8 Å². The van der Waals surface area contributed by atoms with Crippen LogP contribution in [0.2, 0.25) is 0 Å². The number of nitriles is 1. The number of nitro groups is 1. The molecule has 0 spiro atoms. The number of rotatable bonds is 3. The maximum Gasteiger partial charge on any atom is 0.323 e. The van der Waals surface area contributed by atoms with E-state index in [1.807, 2.05) is 6.07 Å². The first-order valence-electron chi connectivity index (χ1n) is 5.68. The Morgan fingerprint density at radius 1 is 1.35 bits per heavy atom. The van der Waals surface area contributed by atoms with E-state index in [0.29, 0.717) is 5.56 Å².